The van der Waals surface area contributed by atoms with Gasteiger partial charge in [-0.15, -0.1) is 0 Å². The molecule has 0 radical (unpaired) electrons. The maximum atomic E-state index is 5.58. The van der Waals surface area contributed by atoms with E-state index in [9.17, 15) is 0 Å². The second-order valence-corrected chi connectivity index (χ2v) is 6.30. The number of aromatic amines is 1. The monoisotopic (exact) mass is 363 g/mol. The zero-order valence-corrected chi connectivity index (χ0v) is 14.6. The van der Waals surface area contributed by atoms with Crippen molar-refractivity contribution in [1.82, 2.24) is 15.0 Å². The van der Waals surface area contributed by atoms with E-state index in [-0.39, 0.29) is 0 Å². The zero-order valence-electron chi connectivity index (χ0n) is 13.0. The summed E-state index contributed by atoms with van der Waals surface area (Å²) in [6.07, 6.45) is 0. The maximum absolute atomic E-state index is 5.58. The van der Waals surface area contributed by atoms with Crippen LogP contribution in [-0.4, -0.2) is 36.1 Å². The number of H-pyrrole nitrogens is 1. The fraction of sp³-hybridized carbons (Fsp3) is 0.333. The number of aromatic nitrogens is 3. The number of furan rings is 1. The van der Waals surface area contributed by atoms with Gasteiger partial charge in [0, 0.05) is 26.8 Å². The second-order valence-electron chi connectivity index (χ2n) is 5.52. The van der Waals surface area contributed by atoms with Crippen molar-refractivity contribution < 1.29 is 4.42 Å². The Hall–Kier alpha value is -2.02. The number of nitrogens with zero attached hydrogens (tertiary/aromatic N) is 4. The highest BCUT2D eigenvalue weighted by Gasteiger charge is 2.16. The van der Waals surface area contributed by atoms with E-state index in [4.69, 9.17) is 4.42 Å². The summed E-state index contributed by atoms with van der Waals surface area (Å²) in [6, 6.07) is 5.91. The fourth-order valence-electron chi connectivity index (χ4n) is 2.35. The van der Waals surface area contributed by atoms with Gasteiger partial charge in [-0.2, -0.15) is 9.97 Å². The minimum atomic E-state index is 0.634. The molecule has 0 aliphatic heterocycles. The minimum absolute atomic E-state index is 0.634. The lowest BCUT2D eigenvalue weighted by Crippen LogP contribution is -2.20. The van der Waals surface area contributed by atoms with Gasteiger partial charge in [-0.05, 0) is 41.1 Å². The predicted octanol–water partition coefficient (Wildman–Crippen LogP) is 3.32. The van der Waals surface area contributed by atoms with Gasteiger partial charge >= 0.3 is 0 Å². The maximum Gasteiger partial charge on any atom is 0.228 e. The highest BCUT2D eigenvalue weighted by Crippen LogP contribution is 2.27. The lowest BCUT2D eigenvalue weighted by molar-refractivity contribution is 0.486. The molecule has 0 aromatic carbocycles. The van der Waals surface area contributed by atoms with Crippen LogP contribution in [0.5, 0.6) is 0 Å². The smallest absolute Gasteiger partial charge is 0.228 e. The number of aryl methyl sites for hydroxylation is 1. The molecular weight excluding hydrogens is 346 g/mol. The zero-order chi connectivity index (χ0) is 15.9. The molecule has 3 aromatic heterocycles. The Balaban J connectivity index is 2.03. The van der Waals surface area contributed by atoms with Crippen LogP contribution < -0.4 is 9.80 Å². The van der Waals surface area contributed by atoms with Gasteiger partial charge < -0.3 is 19.2 Å². The molecule has 3 heterocycles. The number of halogens is 1. The average molecular weight is 364 g/mol. The van der Waals surface area contributed by atoms with Gasteiger partial charge in [0.2, 0.25) is 5.95 Å². The Morgan fingerprint density at radius 2 is 2.00 bits per heavy atom. The Kier molecular flexibility index (Phi) is 3.82. The molecule has 0 saturated carbocycles. The highest BCUT2D eigenvalue weighted by atomic mass is 79.9. The topological polar surface area (TPSA) is 61.2 Å². The third-order valence-corrected chi connectivity index (χ3v) is 3.80. The molecule has 0 saturated heterocycles. The van der Waals surface area contributed by atoms with Gasteiger partial charge in [-0.25, -0.2) is 0 Å². The van der Waals surface area contributed by atoms with Gasteiger partial charge in [0.25, 0.3) is 0 Å². The molecule has 22 heavy (non-hydrogen) atoms. The summed E-state index contributed by atoms with van der Waals surface area (Å²) in [5.41, 5.74) is 1.91. The van der Waals surface area contributed by atoms with E-state index in [2.05, 4.69) is 41.8 Å². The molecule has 6 nitrogen and oxygen atoms in total. The van der Waals surface area contributed by atoms with Crippen molar-refractivity contribution in [2.45, 2.75) is 13.5 Å². The quantitative estimate of drug-likeness (QED) is 0.770. The fourth-order valence-corrected chi connectivity index (χ4v) is 2.69. The first-order chi connectivity index (χ1) is 10.4. The van der Waals surface area contributed by atoms with E-state index < -0.39 is 0 Å². The van der Waals surface area contributed by atoms with Crippen molar-refractivity contribution in [2.24, 2.45) is 0 Å². The predicted molar refractivity (Wildman–Crippen MR) is 91.5 cm³/mol. The molecule has 0 bridgehead atoms. The third-order valence-electron chi connectivity index (χ3n) is 3.37. The average Bonchev–Trinajstić information content (AvgIpc) is 3.01. The number of hydrogen-bond acceptors (Lipinski definition) is 5. The summed E-state index contributed by atoms with van der Waals surface area (Å²) in [4.78, 5) is 16.5. The molecule has 0 atom stereocenters. The summed E-state index contributed by atoms with van der Waals surface area (Å²) in [5.74, 6) is 2.43. The van der Waals surface area contributed by atoms with Crippen LogP contribution >= 0.6 is 15.9 Å². The number of anilines is 2. The number of nitrogens with one attached hydrogen (secondary N) is 1. The summed E-state index contributed by atoms with van der Waals surface area (Å²) in [5, 5.41) is 1.01. The van der Waals surface area contributed by atoms with Crippen molar-refractivity contribution in [2.75, 3.05) is 30.9 Å². The van der Waals surface area contributed by atoms with E-state index in [1.807, 2.05) is 45.1 Å². The largest absolute Gasteiger partial charge is 0.452 e. The van der Waals surface area contributed by atoms with Crippen LogP contribution in [0.2, 0.25) is 0 Å². The summed E-state index contributed by atoms with van der Waals surface area (Å²) in [7, 11) is 5.87. The lowest BCUT2D eigenvalue weighted by atomic mass is 10.3. The third kappa shape index (κ3) is 2.81. The van der Waals surface area contributed by atoms with Gasteiger partial charge in [0.05, 0.1) is 11.9 Å². The molecular formula is C15H18BrN5O. The van der Waals surface area contributed by atoms with Crippen molar-refractivity contribution in [3.8, 4) is 0 Å². The van der Waals surface area contributed by atoms with Crippen molar-refractivity contribution in [3.63, 3.8) is 0 Å². The highest BCUT2D eigenvalue weighted by molar-refractivity contribution is 9.10. The van der Waals surface area contributed by atoms with Crippen LogP contribution in [0.15, 0.2) is 27.3 Å². The van der Waals surface area contributed by atoms with E-state index in [0.29, 0.717) is 12.5 Å². The molecule has 7 heteroatoms. The van der Waals surface area contributed by atoms with Crippen molar-refractivity contribution in [3.05, 3.63) is 34.3 Å². The molecule has 3 aromatic rings. The Morgan fingerprint density at radius 3 is 2.64 bits per heavy atom. The Bertz CT molecular complexity index is 807. The molecule has 0 fully saturated rings. The van der Waals surface area contributed by atoms with Gasteiger partial charge in [-0.1, -0.05) is 0 Å². The van der Waals surface area contributed by atoms with Crippen molar-refractivity contribution >= 4 is 38.7 Å². The number of hydrogen-bond donors (Lipinski definition) is 1. The van der Waals surface area contributed by atoms with E-state index in [0.717, 1.165) is 33.0 Å². The van der Waals surface area contributed by atoms with Gasteiger partial charge in [-0.3, -0.25) is 0 Å². The normalized spacial score (nSPS) is 11.1. The Labute approximate surface area is 137 Å². The number of rotatable bonds is 4. The molecule has 0 amide bonds. The summed E-state index contributed by atoms with van der Waals surface area (Å²) >= 11 is 3.33. The first kappa shape index (κ1) is 14.9. The molecule has 0 aliphatic carbocycles. The van der Waals surface area contributed by atoms with Crippen molar-refractivity contribution in [1.29, 1.82) is 0 Å². The van der Waals surface area contributed by atoms with Crippen LogP contribution in [0.3, 0.4) is 0 Å². The summed E-state index contributed by atoms with van der Waals surface area (Å²) in [6.45, 7) is 2.65. The van der Waals surface area contributed by atoms with Crippen LogP contribution in [0.1, 0.15) is 11.5 Å². The molecule has 0 spiro atoms. The van der Waals surface area contributed by atoms with Crippen LogP contribution in [0.25, 0.3) is 11.0 Å². The van der Waals surface area contributed by atoms with E-state index in [1.54, 1.807) is 0 Å². The van der Waals surface area contributed by atoms with Crippen LogP contribution in [-0.2, 0) is 6.54 Å². The molecule has 1 N–H and O–H groups in total. The first-order valence-electron chi connectivity index (χ1n) is 6.94. The first-order valence-corrected chi connectivity index (χ1v) is 7.73. The molecule has 3 rings (SSSR count). The molecule has 0 aliphatic rings. The van der Waals surface area contributed by atoms with E-state index in [1.165, 1.54) is 0 Å². The Morgan fingerprint density at radius 1 is 1.23 bits per heavy atom. The van der Waals surface area contributed by atoms with Gasteiger partial charge in [0.1, 0.15) is 17.2 Å². The van der Waals surface area contributed by atoms with Crippen LogP contribution in [0, 0.1) is 6.92 Å². The minimum Gasteiger partial charge on any atom is -0.452 e. The number of fused-ring (bicyclic) bond motifs is 1. The second kappa shape index (κ2) is 5.64. The molecule has 0 unspecified atom stereocenters. The van der Waals surface area contributed by atoms with Crippen LogP contribution in [0.4, 0.5) is 11.8 Å². The summed E-state index contributed by atoms with van der Waals surface area (Å²) < 4.78 is 6.32. The van der Waals surface area contributed by atoms with E-state index >= 15 is 0 Å². The SMILES string of the molecule is Cc1cc2c(N(C)Cc3ccc(Br)o3)nc(N(C)C)nc2[nH]1. The standard InChI is InChI=1S/C15H18BrN5O/c1-9-7-11-13(17-9)18-15(20(2)3)19-14(11)21(4)8-10-5-6-12(16)22-10/h5-7H,8H2,1-4H3,(H,17,18,19). The molecule has 116 valence electrons. The lowest BCUT2D eigenvalue weighted by Gasteiger charge is -2.20. The van der Waals surface area contributed by atoms with Gasteiger partial charge in [0.15, 0.2) is 4.67 Å².